The summed E-state index contributed by atoms with van der Waals surface area (Å²) in [5.41, 5.74) is 1.20. The van der Waals surface area contributed by atoms with Gasteiger partial charge in [0.15, 0.2) is 0 Å². The average molecular weight is 341 g/mol. The number of amidine groups is 1. The number of hydrogen-bond acceptors (Lipinski definition) is 2. The van der Waals surface area contributed by atoms with Crippen molar-refractivity contribution in [3.63, 3.8) is 0 Å². The second kappa shape index (κ2) is 9.51. The summed E-state index contributed by atoms with van der Waals surface area (Å²) in [6.45, 7) is 6.05. The Morgan fingerprint density at radius 2 is 2.14 bits per heavy atom. The molecule has 0 N–H and O–H groups in total. The summed E-state index contributed by atoms with van der Waals surface area (Å²) in [6.07, 6.45) is 6.93. The van der Waals surface area contributed by atoms with Crippen LogP contribution in [0.3, 0.4) is 0 Å². The molecule has 2 nitrogen and oxygen atoms in total. The standard InChI is InChI=1S/C10H15N2.2Y/c1-4-5-6-10-7-8(2)11-9(3)12-10;;/h4,8H,6-7H2,1-3H3;;/q-1;;. The van der Waals surface area contributed by atoms with Gasteiger partial charge in [0.05, 0.1) is 6.04 Å². The van der Waals surface area contributed by atoms with Crippen LogP contribution in [0.4, 0.5) is 0 Å². The van der Waals surface area contributed by atoms with E-state index in [1.54, 1.807) is 0 Å². The van der Waals surface area contributed by atoms with Gasteiger partial charge in [0.1, 0.15) is 5.84 Å². The average Bonchev–Trinajstić information content (AvgIpc) is 1.99. The first-order chi connectivity index (χ1) is 5.72. The molecular weight excluding hydrogens is 326 g/mol. The first kappa shape index (κ1) is 17.7. The van der Waals surface area contributed by atoms with Gasteiger partial charge in [-0.05, 0) is 19.6 Å². The Hall–Kier alpha value is 1.29. The fraction of sp³-hybridized carbons (Fsp3) is 0.600. The molecule has 1 aliphatic rings. The van der Waals surface area contributed by atoms with Gasteiger partial charge in [0, 0.05) is 71.8 Å². The van der Waals surface area contributed by atoms with Crippen molar-refractivity contribution in [1.82, 2.24) is 0 Å². The molecule has 1 atom stereocenters. The van der Waals surface area contributed by atoms with E-state index in [1.165, 1.54) is 5.71 Å². The fourth-order valence-corrected chi connectivity index (χ4v) is 1.34. The third-order valence-corrected chi connectivity index (χ3v) is 1.77. The Labute approximate surface area is 137 Å². The van der Waals surface area contributed by atoms with Gasteiger partial charge in [-0.3, -0.25) is 11.1 Å². The zero-order valence-corrected chi connectivity index (χ0v) is 14.8. The molecule has 1 heterocycles. The Balaban J connectivity index is 0. The number of aliphatic imine (C=N–C) groups is 2. The summed E-state index contributed by atoms with van der Waals surface area (Å²) < 4.78 is 0. The second-order valence-electron chi connectivity index (χ2n) is 3.08. The normalized spacial score (nSPS) is 20.6. The van der Waals surface area contributed by atoms with Crippen LogP contribution in [0.2, 0.25) is 0 Å². The van der Waals surface area contributed by atoms with E-state index in [9.17, 15) is 0 Å². The Morgan fingerprint density at radius 3 is 2.64 bits per heavy atom. The third-order valence-electron chi connectivity index (χ3n) is 1.77. The van der Waals surface area contributed by atoms with Gasteiger partial charge in [-0.1, -0.05) is 6.92 Å². The third kappa shape index (κ3) is 6.71. The topological polar surface area (TPSA) is 24.7 Å². The Kier molecular flexibility index (Phi) is 12.0. The smallest absolute Gasteiger partial charge is 0.120 e. The maximum atomic E-state index is 4.35. The van der Waals surface area contributed by atoms with Crippen LogP contribution in [-0.4, -0.2) is 17.6 Å². The van der Waals surface area contributed by atoms with Crippen molar-refractivity contribution in [3.8, 4) is 0 Å². The van der Waals surface area contributed by atoms with Crippen molar-refractivity contribution in [2.45, 2.75) is 39.7 Å². The Bertz CT molecular complexity index is 245. The van der Waals surface area contributed by atoms with Crippen molar-refractivity contribution >= 4 is 11.5 Å². The van der Waals surface area contributed by atoms with Crippen LogP contribution in [0, 0.1) is 6.08 Å². The number of nitrogens with zero attached hydrogens (tertiary/aromatic N) is 2. The van der Waals surface area contributed by atoms with E-state index in [0.717, 1.165) is 18.7 Å². The number of allylic oxidation sites excluding steroid dienone is 2. The predicted octanol–water partition coefficient (Wildman–Crippen LogP) is 2.40. The molecule has 1 aliphatic heterocycles. The first-order valence-electron chi connectivity index (χ1n) is 4.34. The molecule has 0 aliphatic carbocycles. The van der Waals surface area contributed by atoms with Crippen LogP contribution in [0.25, 0.3) is 0 Å². The van der Waals surface area contributed by atoms with Crippen molar-refractivity contribution in [1.29, 1.82) is 0 Å². The van der Waals surface area contributed by atoms with Crippen molar-refractivity contribution in [2.75, 3.05) is 0 Å². The maximum Gasteiger partial charge on any atom is 0.120 e. The van der Waals surface area contributed by atoms with E-state index in [4.69, 9.17) is 0 Å². The maximum absolute atomic E-state index is 4.35. The molecule has 0 saturated heterocycles. The first-order valence-corrected chi connectivity index (χ1v) is 4.34. The molecule has 0 aromatic carbocycles. The van der Waals surface area contributed by atoms with E-state index < -0.39 is 0 Å². The number of rotatable bonds is 2. The van der Waals surface area contributed by atoms with Crippen molar-refractivity contribution in [2.24, 2.45) is 9.98 Å². The molecule has 2 radical (unpaired) electrons. The van der Waals surface area contributed by atoms with E-state index in [0.29, 0.717) is 6.04 Å². The largest absolute Gasteiger partial charge is 0.495 e. The fourth-order valence-electron chi connectivity index (χ4n) is 1.34. The minimum absolute atomic E-state index is 0. The molecule has 0 fully saturated rings. The van der Waals surface area contributed by atoms with Gasteiger partial charge >= 0.3 is 0 Å². The molecule has 0 saturated carbocycles. The van der Waals surface area contributed by atoms with E-state index in [-0.39, 0.29) is 65.4 Å². The SMILES string of the molecule is CC=[C-]CC1=NC(C)=NC(C)C1.[Y].[Y]. The van der Waals surface area contributed by atoms with Gasteiger partial charge in [-0.25, -0.2) is 4.99 Å². The summed E-state index contributed by atoms with van der Waals surface area (Å²) in [4.78, 5) is 8.69. The van der Waals surface area contributed by atoms with Crippen LogP contribution < -0.4 is 0 Å². The van der Waals surface area contributed by atoms with E-state index in [1.807, 2.05) is 19.9 Å². The van der Waals surface area contributed by atoms with Gasteiger partial charge in [-0.2, -0.15) is 0 Å². The molecule has 0 spiro atoms. The molecule has 0 amide bonds. The zero-order chi connectivity index (χ0) is 8.97. The van der Waals surface area contributed by atoms with Crippen molar-refractivity contribution < 1.29 is 65.4 Å². The van der Waals surface area contributed by atoms with Crippen LogP contribution in [0.15, 0.2) is 16.1 Å². The van der Waals surface area contributed by atoms with Gasteiger partial charge in [0.25, 0.3) is 0 Å². The summed E-state index contributed by atoms with van der Waals surface area (Å²) in [6, 6.07) is 0.399. The predicted molar refractivity (Wildman–Crippen MR) is 52.7 cm³/mol. The zero-order valence-electron chi connectivity index (χ0n) is 9.12. The van der Waals surface area contributed by atoms with E-state index in [2.05, 4.69) is 23.0 Å². The van der Waals surface area contributed by atoms with Crippen LogP contribution in [-0.2, 0) is 65.4 Å². The minimum atomic E-state index is 0. The van der Waals surface area contributed by atoms with Crippen LogP contribution in [0.5, 0.6) is 0 Å². The van der Waals surface area contributed by atoms with Gasteiger partial charge < -0.3 is 6.08 Å². The molecule has 14 heavy (non-hydrogen) atoms. The van der Waals surface area contributed by atoms with E-state index >= 15 is 0 Å². The van der Waals surface area contributed by atoms with Gasteiger partial charge in [-0.15, -0.1) is 6.42 Å². The summed E-state index contributed by atoms with van der Waals surface area (Å²) in [7, 11) is 0. The quantitative estimate of drug-likeness (QED) is 0.690. The second-order valence-corrected chi connectivity index (χ2v) is 3.08. The van der Waals surface area contributed by atoms with Crippen LogP contribution in [0.1, 0.15) is 33.6 Å². The number of hydrogen-bond donors (Lipinski definition) is 0. The van der Waals surface area contributed by atoms with Crippen molar-refractivity contribution in [3.05, 3.63) is 12.2 Å². The molecule has 1 unspecified atom stereocenters. The molecule has 0 aromatic heterocycles. The molecule has 0 aromatic rings. The minimum Gasteiger partial charge on any atom is -0.495 e. The van der Waals surface area contributed by atoms with Crippen LogP contribution >= 0.6 is 0 Å². The molecule has 1 rings (SSSR count). The molecular formula is C10H15N2Y2-. The summed E-state index contributed by atoms with van der Waals surface area (Å²) >= 11 is 0. The molecule has 72 valence electrons. The molecule has 0 bridgehead atoms. The summed E-state index contributed by atoms with van der Waals surface area (Å²) in [5, 5.41) is 0. The summed E-state index contributed by atoms with van der Waals surface area (Å²) in [5.74, 6) is 0.904. The molecule has 4 heteroatoms. The Morgan fingerprint density at radius 1 is 1.50 bits per heavy atom. The van der Waals surface area contributed by atoms with Gasteiger partial charge in [0.2, 0.25) is 0 Å². The monoisotopic (exact) mass is 341 g/mol.